The molecule has 0 spiro atoms. The molecule has 0 saturated heterocycles. The van der Waals surface area contributed by atoms with E-state index in [1.54, 1.807) is 32.1 Å². The van der Waals surface area contributed by atoms with Gasteiger partial charge in [0.05, 0.1) is 11.9 Å². The number of aliphatic carboxylic acids is 1. The van der Waals surface area contributed by atoms with E-state index in [-0.39, 0.29) is 5.82 Å². The fourth-order valence-electron chi connectivity index (χ4n) is 3.34. The molecule has 1 atom stereocenters. The van der Waals surface area contributed by atoms with Crippen molar-refractivity contribution in [3.8, 4) is 0 Å². The monoisotopic (exact) mass is 329 g/mol. The third kappa shape index (κ3) is 2.50. The number of nitrogens with zero attached hydrogens (tertiary/aromatic N) is 1. The summed E-state index contributed by atoms with van der Waals surface area (Å²) in [6.45, 7) is 3.25. The van der Waals surface area contributed by atoms with Crippen molar-refractivity contribution in [2.75, 3.05) is 0 Å². The van der Waals surface area contributed by atoms with E-state index in [4.69, 9.17) is 0 Å². The third-order valence-electron chi connectivity index (χ3n) is 4.71. The van der Waals surface area contributed by atoms with E-state index in [9.17, 15) is 18.7 Å². The lowest BCUT2D eigenvalue weighted by atomic mass is 9.77. The van der Waals surface area contributed by atoms with Crippen molar-refractivity contribution in [1.29, 1.82) is 0 Å². The second kappa shape index (κ2) is 5.82. The van der Waals surface area contributed by atoms with Crippen molar-refractivity contribution in [2.24, 2.45) is 0 Å². The van der Waals surface area contributed by atoms with Gasteiger partial charge in [-0.15, -0.1) is 0 Å². The van der Waals surface area contributed by atoms with Gasteiger partial charge in [0.1, 0.15) is 17.0 Å². The summed E-state index contributed by atoms with van der Waals surface area (Å²) in [6, 6.07) is 6.10. The van der Waals surface area contributed by atoms with Crippen molar-refractivity contribution >= 4 is 11.5 Å². The van der Waals surface area contributed by atoms with E-state index in [2.05, 4.69) is 4.98 Å². The number of pyridine rings is 1. The minimum absolute atomic E-state index is 0.320. The molecule has 24 heavy (non-hydrogen) atoms. The Labute approximate surface area is 138 Å². The lowest BCUT2D eigenvalue weighted by molar-refractivity contribution is -0.141. The number of aromatic nitrogens is 1. The topological polar surface area (TPSA) is 50.2 Å². The normalized spacial score (nSPS) is 20.1. The zero-order chi connectivity index (χ0) is 17.5. The maximum atomic E-state index is 14.3. The number of aryl methyl sites for hydroxylation is 1. The minimum Gasteiger partial charge on any atom is -0.480 e. The van der Waals surface area contributed by atoms with E-state index in [1.807, 2.05) is 0 Å². The predicted octanol–water partition coefficient (Wildman–Crippen LogP) is 4.18. The van der Waals surface area contributed by atoms with Crippen LogP contribution in [0.1, 0.15) is 35.2 Å². The van der Waals surface area contributed by atoms with Gasteiger partial charge in [-0.3, -0.25) is 9.78 Å². The third-order valence-corrected chi connectivity index (χ3v) is 4.71. The molecule has 0 saturated carbocycles. The summed E-state index contributed by atoms with van der Waals surface area (Å²) in [6.07, 6.45) is 3.54. The average molecular weight is 329 g/mol. The highest BCUT2D eigenvalue weighted by Gasteiger charge is 2.44. The van der Waals surface area contributed by atoms with Gasteiger partial charge < -0.3 is 5.11 Å². The first-order valence-corrected chi connectivity index (χ1v) is 7.68. The number of hydrogen-bond donors (Lipinski definition) is 1. The quantitative estimate of drug-likeness (QED) is 0.919. The van der Waals surface area contributed by atoms with Crippen LogP contribution in [-0.4, -0.2) is 16.1 Å². The number of carboxylic acids is 1. The standard InChI is InChI=1S/C19H17F2NO2/c1-11-3-5-15(12(2)17(11)21)19(18(23)24)8-7-13(9-19)16-6-4-14(20)10-22-16/h3-6,9-10H,7-8H2,1-2H3,(H,23,24). The van der Waals surface area contributed by atoms with Gasteiger partial charge in [0.25, 0.3) is 0 Å². The fraction of sp³-hybridized carbons (Fsp3) is 0.263. The van der Waals surface area contributed by atoms with Gasteiger partial charge in [-0.05, 0) is 61.1 Å². The van der Waals surface area contributed by atoms with Gasteiger partial charge in [-0.2, -0.15) is 0 Å². The molecule has 3 nitrogen and oxygen atoms in total. The average Bonchev–Trinajstić information content (AvgIpc) is 3.00. The number of halogens is 2. The van der Waals surface area contributed by atoms with E-state index in [1.165, 1.54) is 12.1 Å². The summed E-state index contributed by atoms with van der Waals surface area (Å²) in [4.78, 5) is 16.1. The molecule has 5 heteroatoms. The molecule has 3 rings (SSSR count). The molecule has 1 aliphatic carbocycles. The highest BCUT2D eigenvalue weighted by molar-refractivity contribution is 5.89. The Hall–Kier alpha value is -2.56. The number of carbonyl (C=O) groups is 1. The summed E-state index contributed by atoms with van der Waals surface area (Å²) in [5.74, 6) is -1.85. The summed E-state index contributed by atoms with van der Waals surface area (Å²) in [7, 11) is 0. The minimum atomic E-state index is -1.29. The van der Waals surface area contributed by atoms with Crippen molar-refractivity contribution in [3.63, 3.8) is 0 Å². The molecule has 0 aliphatic heterocycles. The summed E-state index contributed by atoms with van der Waals surface area (Å²) < 4.78 is 27.3. The van der Waals surface area contributed by atoms with Crippen LogP contribution in [0.5, 0.6) is 0 Å². The second-order valence-electron chi connectivity index (χ2n) is 6.18. The van der Waals surface area contributed by atoms with Crippen molar-refractivity contribution in [3.05, 3.63) is 70.6 Å². The number of hydrogen-bond acceptors (Lipinski definition) is 2. The molecule has 0 radical (unpaired) electrons. The molecule has 0 bridgehead atoms. The predicted molar refractivity (Wildman–Crippen MR) is 86.6 cm³/mol. The zero-order valence-electron chi connectivity index (χ0n) is 13.4. The van der Waals surface area contributed by atoms with E-state index in [0.717, 1.165) is 11.8 Å². The number of allylic oxidation sites excluding steroid dienone is 1. The molecule has 1 unspecified atom stereocenters. The highest BCUT2D eigenvalue weighted by atomic mass is 19.1. The van der Waals surface area contributed by atoms with Crippen LogP contribution in [0.4, 0.5) is 8.78 Å². The number of benzene rings is 1. The Morgan fingerprint density at radius 3 is 2.58 bits per heavy atom. The van der Waals surface area contributed by atoms with E-state index in [0.29, 0.717) is 35.2 Å². The molecule has 1 heterocycles. The fourth-order valence-corrected chi connectivity index (χ4v) is 3.34. The van der Waals surface area contributed by atoms with Crippen LogP contribution in [0.15, 0.2) is 36.5 Å². The molecule has 1 N–H and O–H groups in total. The van der Waals surface area contributed by atoms with Crippen LogP contribution in [0.25, 0.3) is 5.57 Å². The molecule has 2 aromatic rings. The van der Waals surface area contributed by atoms with Gasteiger partial charge in [-0.1, -0.05) is 18.2 Å². The summed E-state index contributed by atoms with van der Waals surface area (Å²) in [5.41, 5.74) is 1.28. The molecule has 1 aromatic carbocycles. The van der Waals surface area contributed by atoms with Crippen LogP contribution in [0, 0.1) is 25.5 Å². The Bertz CT molecular complexity index is 843. The largest absolute Gasteiger partial charge is 0.480 e. The van der Waals surface area contributed by atoms with Gasteiger partial charge >= 0.3 is 5.97 Å². The van der Waals surface area contributed by atoms with Crippen LogP contribution >= 0.6 is 0 Å². The number of rotatable bonds is 3. The first kappa shape index (κ1) is 16.3. The number of carboxylic acid groups (broad SMARTS) is 1. The molecule has 124 valence electrons. The molecule has 1 aliphatic rings. The van der Waals surface area contributed by atoms with Gasteiger partial charge in [0.15, 0.2) is 0 Å². The smallest absolute Gasteiger partial charge is 0.318 e. The molecular weight excluding hydrogens is 312 g/mol. The lowest BCUT2D eigenvalue weighted by Crippen LogP contribution is -2.32. The highest BCUT2D eigenvalue weighted by Crippen LogP contribution is 2.44. The SMILES string of the molecule is Cc1ccc(C2(C(=O)O)C=C(c3ccc(F)cn3)CC2)c(C)c1F. The second-order valence-corrected chi connectivity index (χ2v) is 6.18. The van der Waals surface area contributed by atoms with Crippen LogP contribution in [0.2, 0.25) is 0 Å². The Morgan fingerprint density at radius 2 is 1.96 bits per heavy atom. The first-order chi connectivity index (χ1) is 11.3. The zero-order valence-corrected chi connectivity index (χ0v) is 13.4. The van der Waals surface area contributed by atoms with Gasteiger partial charge in [0, 0.05) is 0 Å². The first-order valence-electron chi connectivity index (χ1n) is 7.68. The molecule has 0 amide bonds. The molecule has 1 aromatic heterocycles. The van der Waals surface area contributed by atoms with Gasteiger partial charge in [0.2, 0.25) is 0 Å². The van der Waals surface area contributed by atoms with E-state index >= 15 is 0 Å². The van der Waals surface area contributed by atoms with Crippen molar-refractivity contribution < 1.29 is 18.7 Å². The molecular formula is C19H17F2NO2. The lowest BCUT2D eigenvalue weighted by Gasteiger charge is -2.25. The summed E-state index contributed by atoms with van der Waals surface area (Å²) in [5, 5.41) is 9.86. The van der Waals surface area contributed by atoms with Crippen molar-refractivity contribution in [1.82, 2.24) is 4.98 Å². The summed E-state index contributed by atoms with van der Waals surface area (Å²) >= 11 is 0. The maximum Gasteiger partial charge on any atom is 0.318 e. The maximum absolute atomic E-state index is 14.3. The van der Waals surface area contributed by atoms with Crippen LogP contribution < -0.4 is 0 Å². The van der Waals surface area contributed by atoms with Crippen molar-refractivity contribution in [2.45, 2.75) is 32.1 Å². The van der Waals surface area contributed by atoms with Crippen LogP contribution in [0.3, 0.4) is 0 Å². The molecule has 0 fully saturated rings. The Kier molecular flexibility index (Phi) is 3.95. The Balaban J connectivity index is 2.13. The van der Waals surface area contributed by atoms with Gasteiger partial charge in [-0.25, -0.2) is 8.78 Å². The van der Waals surface area contributed by atoms with Crippen LogP contribution in [-0.2, 0) is 10.2 Å². The Morgan fingerprint density at radius 1 is 1.21 bits per heavy atom. The van der Waals surface area contributed by atoms with E-state index < -0.39 is 17.2 Å².